The highest BCUT2D eigenvalue weighted by atomic mass is 16.5. The number of amidine groups is 1. The van der Waals surface area contributed by atoms with Crippen LogP contribution < -0.4 is 10.5 Å². The molecule has 0 spiro atoms. The molecule has 0 saturated heterocycles. The zero-order chi connectivity index (χ0) is 14.2. The molecule has 2 aromatic rings. The molecule has 0 aliphatic rings. The molecule has 0 fully saturated rings. The summed E-state index contributed by atoms with van der Waals surface area (Å²) in [4.78, 5) is 4.34. The van der Waals surface area contributed by atoms with E-state index < -0.39 is 0 Å². The molecule has 3 heteroatoms. The Labute approximate surface area is 119 Å². The van der Waals surface area contributed by atoms with Gasteiger partial charge in [0.15, 0.2) is 0 Å². The van der Waals surface area contributed by atoms with Crippen molar-refractivity contribution in [3.05, 3.63) is 71.8 Å². The number of aliphatic imine (C=N–C) groups is 1. The molecular weight excluding hydrogens is 248 g/mol. The Bertz CT molecular complexity index is 603. The average Bonchev–Trinajstić information content (AvgIpc) is 2.52. The van der Waals surface area contributed by atoms with Gasteiger partial charge in [-0.15, -0.1) is 0 Å². The number of hydrogen-bond donors (Lipinski definition) is 1. The molecule has 0 aliphatic heterocycles. The standard InChI is InChI=1S/C17H18N2O/c1-20-16-9-5-8-15(12-16)13-19-17(18)11-10-14-6-3-2-4-7-14/h2-12H,13H2,1H3,(H2,18,19)/b11-10+. The number of nitrogens with two attached hydrogens (primary N) is 1. The van der Waals surface area contributed by atoms with E-state index in [1.165, 1.54) is 0 Å². The Kier molecular flexibility index (Phi) is 4.95. The van der Waals surface area contributed by atoms with E-state index in [0.29, 0.717) is 12.4 Å². The highest BCUT2D eigenvalue weighted by Crippen LogP contribution is 2.13. The summed E-state index contributed by atoms with van der Waals surface area (Å²) in [6, 6.07) is 17.8. The van der Waals surface area contributed by atoms with Gasteiger partial charge in [-0.3, -0.25) is 4.99 Å². The van der Waals surface area contributed by atoms with Gasteiger partial charge in [0.2, 0.25) is 0 Å². The zero-order valence-electron chi connectivity index (χ0n) is 11.5. The van der Waals surface area contributed by atoms with Crippen molar-refractivity contribution >= 4 is 11.9 Å². The second kappa shape index (κ2) is 7.14. The first-order chi connectivity index (χ1) is 9.78. The zero-order valence-corrected chi connectivity index (χ0v) is 11.5. The van der Waals surface area contributed by atoms with Crippen LogP contribution in [0.3, 0.4) is 0 Å². The number of methoxy groups -OCH3 is 1. The third kappa shape index (κ3) is 4.28. The van der Waals surface area contributed by atoms with Crippen LogP contribution in [0.5, 0.6) is 5.75 Å². The van der Waals surface area contributed by atoms with E-state index in [2.05, 4.69) is 4.99 Å². The molecule has 0 radical (unpaired) electrons. The fraction of sp³-hybridized carbons (Fsp3) is 0.118. The molecule has 0 heterocycles. The summed E-state index contributed by atoms with van der Waals surface area (Å²) in [6.07, 6.45) is 3.76. The van der Waals surface area contributed by atoms with Gasteiger partial charge >= 0.3 is 0 Å². The largest absolute Gasteiger partial charge is 0.497 e. The highest BCUT2D eigenvalue weighted by molar-refractivity contribution is 5.95. The van der Waals surface area contributed by atoms with Gasteiger partial charge in [0.1, 0.15) is 11.6 Å². The van der Waals surface area contributed by atoms with E-state index >= 15 is 0 Å². The van der Waals surface area contributed by atoms with Gasteiger partial charge < -0.3 is 10.5 Å². The van der Waals surface area contributed by atoms with E-state index in [1.807, 2.05) is 66.7 Å². The topological polar surface area (TPSA) is 47.6 Å². The molecule has 0 unspecified atom stereocenters. The molecule has 0 atom stereocenters. The molecule has 0 amide bonds. The average molecular weight is 266 g/mol. The first-order valence-electron chi connectivity index (χ1n) is 6.44. The molecule has 2 rings (SSSR count). The maximum Gasteiger partial charge on any atom is 0.119 e. The lowest BCUT2D eigenvalue weighted by Gasteiger charge is -2.02. The van der Waals surface area contributed by atoms with Crippen LogP contribution in [0.1, 0.15) is 11.1 Å². The van der Waals surface area contributed by atoms with Gasteiger partial charge in [-0.1, -0.05) is 48.5 Å². The Morgan fingerprint density at radius 3 is 2.70 bits per heavy atom. The highest BCUT2D eigenvalue weighted by Gasteiger charge is 1.94. The molecule has 102 valence electrons. The van der Waals surface area contributed by atoms with Crippen molar-refractivity contribution in [3.8, 4) is 5.75 Å². The van der Waals surface area contributed by atoms with Crippen molar-refractivity contribution in [2.75, 3.05) is 7.11 Å². The van der Waals surface area contributed by atoms with Crippen LogP contribution in [0.25, 0.3) is 6.08 Å². The van der Waals surface area contributed by atoms with E-state index in [0.717, 1.165) is 16.9 Å². The maximum atomic E-state index is 5.87. The van der Waals surface area contributed by atoms with Crippen molar-refractivity contribution in [1.29, 1.82) is 0 Å². The Balaban J connectivity index is 1.98. The lowest BCUT2D eigenvalue weighted by molar-refractivity contribution is 0.414. The van der Waals surface area contributed by atoms with Crippen molar-refractivity contribution in [1.82, 2.24) is 0 Å². The quantitative estimate of drug-likeness (QED) is 0.667. The molecule has 0 bridgehead atoms. The lowest BCUT2D eigenvalue weighted by Crippen LogP contribution is -2.07. The van der Waals surface area contributed by atoms with Crippen molar-refractivity contribution in [3.63, 3.8) is 0 Å². The fourth-order valence-electron chi connectivity index (χ4n) is 1.75. The predicted molar refractivity (Wildman–Crippen MR) is 83.8 cm³/mol. The molecular formula is C17H18N2O. The fourth-order valence-corrected chi connectivity index (χ4v) is 1.75. The van der Waals surface area contributed by atoms with Gasteiger partial charge in [0, 0.05) is 0 Å². The number of ether oxygens (including phenoxy) is 1. The van der Waals surface area contributed by atoms with E-state index in [-0.39, 0.29) is 0 Å². The molecule has 0 aromatic heterocycles. The van der Waals surface area contributed by atoms with Gasteiger partial charge in [-0.25, -0.2) is 0 Å². The maximum absolute atomic E-state index is 5.87. The van der Waals surface area contributed by atoms with Crippen LogP contribution in [-0.2, 0) is 6.54 Å². The summed E-state index contributed by atoms with van der Waals surface area (Å²) < 4.78 is 5.17. The second-order valence-corrected chi connectivity index (χ2v) is 4.34. The van der Waals surface area contributed by atoms with Crippen LogP contribution >= 0.6 is 0 Å². The van der Waals surface area contributed by atoms with Crippen LogP contribution in [-0.4, -0.2) is 12.9 Å². The molecule has 2 N–H and O–H groups in total. The molecule has 2 aromatic carbocycles. The summed E-state index contributed by atoms with van der Waals surface area (Å²) in [5.41, 5.74) is 8.05. The van der Waals surface area contributed by atoms with Crippen LogP contribution in [0.15, 0.2) is 65.7 Å². The van der Waals surface area contributed by atoms with Gasteiger partial charge in [0.05, 0.1) is 13.7 Å². The van der Waals surface area contributed by atoms with Crippen LogP contribution in [0.4, 0.5) is 0 Å². The summed E-state index contributed by atoms with van der Waals surface area (Å²) in [6.45, 7) is 0.544. The number of hydrogen-bond acceptors (Lipinski definition) is 2. The van der Waals surface area contributed by atoms with E-state index in [1.54, 1.807) is 7.11 Å². The van der Waals surface area contributed by atoms with Crippen molar-refractivity contribution in [2.24, 2.45) is 10.7 Å². The molecule has 0 aliphatic carbocycles. The van der Waals surface area contributed by atoms with E-state index in [4.69, 9.17) is 10.5 Å². The summed E-state index contributed by atoms with van der Waals surface area (Å²) in [5, 5.41) is 0. The summed E-state index contributed by atoms with van der Waals surface area (Å²) in [5.74, 6) is 1.34. The SMILES string of the molecule is COc1cccc(CN=C(N)/C=C/c2ccccc2)c1. The van der Waals surface area contributed by atoms with Gasteiger partial charge in [-0.05, 0) is 29.3 Å². The second-order valence-electron chi connectivity index (χ2n) is 4.34. The minimum Gasteiger partial charge on any atom is -0.497 e. The van der Waals surface area contributed by atoms with E-state index in [9.17, 15) is 0 Å². The smallest absolute Gasteiger partial charge is 0.119 e. The number of rotatable bonds is 5. The summed E-state index contributed by atoms with van der Waals surface area (Å²) >= 11 is 0. The Morgan fingerprint density at radius 1 is 1.15 bits per heavy atom. The first kappa shape index (κ1) is 13.9. The van der Waals surface area contributed by atoms with Gasteiger partial charge in [-0.2, -0.15) is 0 Å². The predicted octanol–water partition coefficient (Wildman–Crippen LogP) is 3.27. The van der Waals surface area contributed by atoms with Gasteiger partial charge in [0.25, 0.3) is 0 Å². The summed E-state index contributed by atoms with van der Waals surface area (Å²) in [7, 11) is 1.65. The lowest BCUT2D eigenvalue weighted by atomic mass is 10.2. The number of nitrogens with zero attached hydrogens (tertiary/aromatic N) is 1. The van der Waals surface area contributed by atoms with Crippen LogP contribution in [0.2, 0.25) is 0 Å². The minimum atomic E-state index is 0.511. The molecule has 0 saturated carbocycles. The van der Waals surface area contributed by atoms with Crippen molar-refractivity contribution in [2.45, 2.75) is 6.54 Å². The minimum absolute atomic E-state index is 0.511. The van der Waals surface area contributed by atoms with Crippen LogP contribution in [0, 0.1) is 0 Å². The normalized spacial score (nSPS) is 11.8. The molecule has 20 heavy (non-hydrogen) atoms. The Morgan fingerprint density at radius 2 is 1.95 bits per heavy atom. The molecule has 3 nitrogen and oxygen atoms in total. The Hall–Kier alpha value is -2.55. The monoisotopic (exact) mass is 266 g/mol. The van der Waals surface area contributed by atoms with Crippen molar-refractivity contribution < 1.29 is 4.74 Å². The third-order valence-corrected chi connectivity index (χ3v) is 2.82. The number of benzene rings is 2. The first-order valence-corrected chi connectivity index (χ1v) is 6.44. The third-order valence-electron chi connectivity index (χ3n) is 2.82.